The van der Waals surface area contributed by atoms with Gasteiger partial charge in [0.15, 0.2) is 0 Å². The Morgan fingerprint density at radius 1 is 1.29 bits per heavy atom. The molecule has 0 spiro atoms. The van der Waals surface area contributed by atoms with Crippen LogP contribution in [0.15, 0.2) is 18.2 Å². The monoisotopic (exact) mass is 233 g/mol. The lowest BCUT2D eigenvalue weighted by Crippen LogP contribution is -2.27. The summed E-state index contributed by atoms with van der Waals surface area (Å²) in [6.45, 7) is 4.33. The Morgan fingerprint density at radius 3 is 2.21 bits per heavy atom. The lowest BCUT2D eigenvalue weighted by molar-refractivity contribution is 0.0965. The van der Waals surface area contributed by atoms with Gasteiger partial charge in [0.25, 0.3) is 0 Å². The Bertz CT molecular complexity index is 306. The standard InChI is InChI=1S/C10H13Cl2NO/c1-10(2,6-14-13)9-7(11)4-3-5-8(9)12/h3-5H,6,13H2,1-2H3. The molecule has 0 atom stereocenters. The Morgan fingerprint density at radius 2 is 1.79 bits per heavy atom. The van der Waals surface area contributed by atoms with Gasteiger partial charge in [0.2, 0.25) is 0 Å². The summed E-state index contributed by atoms with van der Waals surface area (Å²) in [5, 5.41) is 1.28. The first-order valence-corrected chi connectivity index (χ1v) is 5.01. The molecule has 1 rings (SSSR count). The summed E-state index contributed by atoms with van der Waals surface area (Å²) in [6, 6.07) is 5.43. The van der Waals surface area contributed by atoms with E-state index in [2.05, 4.69) is 4.84 Å². The molecule has 1 aromatic rings. The van der Waals surface area contributed by atoms with Crippen LogP contribution in [0.5, 0.6) is 0 Å². The third-order valence-corrected chi connectivity index (χ3v) is 2.71. The molecule has 2 nitrogen and oxygen atoms in total. The fourth-order valence-corrected chi connectivity index (χ4v) is 2.33. The molecule has 14 heavy (non-hydrogen) atoms. The number of nitrogens with two attached hydrogens (primary N) is 1. The van der Waals surface area contributed by atoms with Crippen LogP contribution in [0.4, 0.5) is 0 Å². The Kier molecular flexibility index (Phi) is 3.78. The third kappa shape index (κ3) is 2.39. The molecule has 2 N–H and O–H groups in total. The lowest BCUT2D eigenvalue weighted by Gasteiger charge is -2.25. The van der Waals surface area contributed by atoms with E-state index in [-0.39, 0.29) is 5.41 Å². The van der Waals surface area contributed by atoms with Crippen LogP contribution in [0.2, 0.25) is 10.0 Å². The zero-order chi connectivity index (χ0) is 10.8. The summed E-state index contributed by atoms with van der Waals surface area (Å²) < 4.78 is 0. The molecule has 0 unspecified atom stereocenters. The van der Waals surface area contributed by atoms with E-state index in [0.29, 0.717) is 16.7 Å². The van der Waals surface area contributed by atoms with Gasteiger partial charge in [-0.3, -0.25) is 0 Å². The van der Waals surface area contributed by atoms with Gasteiger partial charge >= 0.3 is 0 Å². The molecular weight excluding hydrogens is 221 g/mol. The van der Waals surface area contributed by atoms with E-state index in [9.17, 15) is 0 Å². The van der Waals surface area contributed by atoms with Gasteiger partial charge in [-0.2, -0.15) is 0 Å². The molecule has 0 bridgehead atoms. The van der Waals surface area contributed by atoms with Crippen LogP contribution in [-0.4, -0.2) is 6.61 Å². The second-order valence-electron chi connectivity index (χ2n) is 3.79. The van der Waals surface area contributed by atoms with Gasteiger partial charge in [-0.1, -0.05) is 43.1 Å². The molecule has 1 aromatic carbocycles. The second kappa shape index (κ2) is 4.49. The molecule has 0 aliphatic carbocycles. The minimum Gasteiger partial charge on any atom is -0.304 e. The van der Waals surface area contributed by atoms with Crippen LogP contribution in [0.25, 0.3) is 0 Å². The SMILES string of the molecule is CC(C)(CON)c1c(Cl)cccc1Cl. The highest BCUT2D eigenvalue weighted by molar-refractivity contribution is 6.36. The Balaban J connectivity index is 3.17. The molecule has 0 saturated carbocycles. The van der Waals surface area contributed by atoms with Crippen molar-refractivity contribution in [1.29, 1.82) is 0 Å². The van der Waals surface area contributed by atoms with Crippen LogP contribution in [-0.2, 0) is 10.3 Å². The first-order chi connectivity index (χ1) is 6.49. The van der Waals surface area contributed by atoms with Gasteiger partial charge < -0.3 is 4.84 Å². The van der Waals surface area contributed by atoms with Crippen LogP contribution >= 0.6 is 23.2 Å². The fourth-order valence-electron chi connectivity index (χ4n) is 1.42. The molecule has 0 aromatic heterocycles. The fraction of sp³-hybridized carbons (Fsp3) is 0.400. The van der Waals surface area contributed by atoms with Gasteiger partial charge in [0.1, 0.15) is 0 Å². The maximum Gasteiger partial charge on any atom is 0.0771 e. The van der Waals surface area contributed by atoms with E-state index < -0.39 is 0 Å². The van der Waals surface area contributed by atoms with Crippen LogP contribution < -0.4 is 5.90 Å². The van der Waals surface area contributed by atoms with Crippen molar-refractivity contribution < 1.29 is 4.84 Å². The first-order valence-electron chi connectivity index (χ1n) is 4.25. The Hall–Kier alpha value is -0.280. The molecule has 4 heteroatoms. The summed E-state index contributed by atoms with van der Waals surface area (Å²) in [5.74, 6) is 5.07. The normalized spacial score (nSPS) is 11.8. The maximum atomic E-state index is 6.07. The average Bonchev–Trinajstić information content (AvgIpc) is 2.02. The van der Waals surface area contributed by atoms with Crippen molar-refractivity contribution in [3.63, 3.8) is 0 Å². The summed E-state index contributed by atoms with van der Waals surface area (Å²) in [7, 11) is 0. The molecule has 0 heterocycles. The first kappa shape index (κ1) is 11.8. The quantitative estimate of drug-likeness (QED) is 0.815. The lowest BCUT2D eigenvalue weighted by atomic mass is 9.85. The van der Waals surface area contributed by atoms with Crippen molar-refractivity contribution >= 4 is 23.2 Å². The van der Waals surface area contributed by atoms with Gasteiger partial charge in [-0.05, 0) is 17.7 Å². The van der Waals surface area contributed by atoms with Gasteiger partial charge in [0.05, 0.1) is 6.61 Å². The third-order valence-electron chi connectivity index (χ3n) is 2.08. The van der Waals surface area contributed by atoms with Crippen LogP contribution in [0, 0.1) is 0 Å². The molecule has 78 valence electrons. The summed E-state index contributed by atoms with van der Waals surface area (Å²) in [4.78, 5) is 4.65. The van der Waals surface area contributed by atoms with E-state index in [1.54, 1.807) is 12.1 Å². The van der Waals surface area contributed by atoms with Crippen molar-refractivity contribution in [2.75, 3.05) is 6.61 Å². The largest absolute Gasteiger partial charge is 0.304 e. The minimum absolute atomic E-state index is 0.288. The molecule has 0 amide bonds. The molecule has 0 aliphatic rings. The zero-order valence-electron chi connectivity index (χ0n) is 8.18. The van der Waals surface area contributed by atoms with E-state index in [1.165, 1.54) is 0 Å². The molecule has 0 fully saturated rings. The highest BCUT2D eigenvalue weighted by Gasteiger charge is 2.26. The summed E-state index contributed by atoms with van der Waals surface area (Å²) in [5.41, 5.74) is 0.582. The molecular formula is C10H13Cl2NO. The molecule has 0 saturated heterocycles. The predicted octanol–water partition coefficient (Wildman–Crippen LogP) is 3.16. The van der Waals surface area contributed by atoms with Crippen LogP contribution in [0.1, 0.15) is 19.4 Å². The van der Waals surface area contributed by atoms with Crippen molar-refractivity contribution in [3.8, 4) is 0 Å². The number of hydrogen-bond donors (Lipinski definition) is 1. The number of rotatable bonds is 3. The minimum atomic E-state index is -0.288. The predicted molar refractivity (Wildman–Crippen MR) is 59.6 cm³/mol. The van der Waals surface area contributed by atoms with Gasteiger partial charge in [-0.25, -0.2) is 5.90 Å². The van der Waals surface area contributed by atoms with Crippen LogP contribution in [0.3, 0.4) is 0 Å². The number of halogens is 2. The zero-order valence-corrected chi connectivity index (χ0v) is 9.69. The summed E-state index contributed by atoms with van der Waals surface area (Å²) in [6.07, 6.45) is 0. The van der Waals surface area contributed by atoms with Crippen molar-refractivity contribution in [3.05, 3.63) is 33.8 Å². The number of benzene rings is 1. The van der Waals surface area contributed by atoms with Crippen molar-refractivity contribution in [2.45, 2.75) is 19.3 Å². The topological polar surface area (TPSA) is 35.2 Å². The average molecular weight is 234 g/mol. The van der Waals surface area contributed by atoms with E-state index >= 15 is 0 Å². The molecule has 0 radical (unpaired) electrons. The van der Waals surface area contributed by atoms with Crippen molar-refractivity contribution in [1.82, 2.24) is 0 Å². The maximum absolute atomic E-state index is 6.07. The summed E-state index contributed by atoms with van der Waals surface area (Å²) >= 11 is 12.1. The highest BCUT2D eigenvalue weighted by atomic mass is 35.5. The Labute approximate surface area is 93.9 Å². The van der Waals surface area contributed by atoms with Crippen molar-refractivity contribution in [2.24, 2.45) is 5.90 Å². The smallest absolute Gasteiger partial charge is 0.0771 e. The second-order valence-corrected chi connectivity index (χ2v) is 4.61. The van der Waals surface area contributed by atoms with E-state index in [1.807, 2.05) is 19.9 Å². The van der Waals surface area contributed by atoms with Gasteiger partial charge in [-0.15, -0.1) is 0 Å². The van der Waals surface area contributed by atoms with E-state index in [0.717, 1.165) is 5.56 Å². The van der Waals surface area contributed by atoms with E-state index in [4.69, 9.17) is 29.1 Å². The van der Waals surface area contributed by atoms with Gasteiger partial charge in [0, 0.05) is 15.5 Å². The molecule has 0 aliphatic heterocycles. The number of hydrogen-bond acceptors (Lipinski definition) is 2. The highest BCUT2D eigenvalue weighted by Crippen LogP contribution is 2.35.